The Morgan fingerprint density at radius 2 is 1.78 bits per heavy atom. The number of unbranched alkanes of at least 4 members (excludes halogenated alkanes) is 2. The predicted octanol–water partition coefficient (Wildman–Crippen LogP) is 5.75. The minimum Gasteiger partial charge on any atom is -0.451 e. The number of ether oxygens (including phenoxy) is 1. The zero-order chi connectivity index (χ0) is 26.7. The van der Waals surface area contributed by atoms with E-state index in [2.05, 4.69) is 9.89 Å². The molecule has 2 aliphatic heterocycles. The molecule has 202 valence electrons. The fraction of sp³-hybridized carbons (Fsp3) is 0.720. The van der Waals surface area contributed by atoms with E-state index in [-0.39, 0.29) is 24.5 Å². The number of rotatable bonds is 8. The second-order valence-electron chi connectivity index (χ2n) is 9.74. The van der Waals surface area contributed by atoms with Crippen molar-refractivity contribution in [2.24, 2.45) is 10.9 Å². The number of esters is 1. The number of alkyl halides is 6. The van der Waals surface area contributed by atoms with Crippen LogP contribution in [0.3, 0.4) is 0 Å². The molecule has 1 unspecified atom stereocenters. The fourth-order valence-corrected chi connectivity index (χ4v) is 5.16. The normalized spacial score (nSPS) is 24.4. The van der Waals surface area contributed by atoms with E-state index in [1.165, 1.54) is 0 Å². The van der Waals surface area contributed by atoms with E-state index in [4.69, 9.17) is 4.74 Å². The van der Waals surface area contributed by atoms with Gasteiger partial charge in [-0.15, -0.1) is 0 Å². The van der Waals surface area contributed by atoms with Gasteiger partial charge in [0.15, 0.2) is 5.78 Å². The van der Waals surface area contributed by atoms with Gasteiger partial charge in [-0.3, -0.25) is 9.79 Å². The number of nitrogens with zero attached hydrogens (tertiary/aromatic N) is 2. The molecule has 1 spiro atoms. The van der Waals surface area contributed by atoms with Gasteiger partial charge in [-0.05, 0) is 38.8 Å². The molecule has 11 heteroatoms. The van der Waals surface area contributed by atoms with Crippen LogP contribution in [0.4, 0.5) is 26.3 Å². The molecule has 1 aliphatic carbocycles. The Morgan fingerprint density at radius 1 is 1.11 bits per heavy atom. The lowest BCUT2D eigenvalue weighted by molar-refractivity contribution is -0.177. The number of halogens is 6. The summed E-state index contributed by atoms with van der Waals surface area (Å²) in [5, 5.41) is 0. The second-order valence-corrected chi connectivity index (χ2v) is 9.74. The van der Waals surface area contributed by atoms with E-state index < -0.39 is 48.3 Å². The highest BCUT2D eigenvalue weighted by molar-refractivity contribution is 6.08. The lowest BCUT2D eigenvalue weighted by Gasteiger charge is -2.39. The van der Waals surface area contributed by atoms with Gasteiger partial charge in [0.25, 0.3) is 0 Å². The van der Waals surface area contributed by atoms with E-state index in [1.807, 2.05) is 6.92 Å². The maximum Gasteiger partial charge on any atom is 0.412 e. The maximum atomic E-state index is 13.1. The standard InChI is InChI=1S/C25H32F6N2O3/c1-3-33-11-8-23(9-12-33)21(16(2)22(35)36-23)20(34)7-5-4-6-10-32-19-14-17(24(26,27)28)13-18(15-19)25(29,30)31/h14,18H,3-13,15H2,1-2H3. The number of hydrogen-bond acceptors (Lipinski definition) is 5. The van der Waals surface area contributed by atoms with Crippen molar-refractivity contribution < 1.29 is 40.7 Å². The highest BCUT2D eigenvalue weighted by Gasteiger charge is 2.50. The van der Waals surface area contributed by atoms with Crippen LogP contribution in [0.15, 0.2) is 27.8 Å². The Hall–Kier alpha value is -2.17. The van der Waals surface area contributed by atoms with Crippen LogP contribution >= 0.6 is 0 Å². The summed E-state index contributed by atoms with van der Waals surface area (Å²) in [6.45, 7) is 6.07. The largest absolute Gasteiger partial charge is 0.451 e. The number of aliphatic imine (C=N–C) groups is 1. The fourth-order valence-electron chi connectivity index (χ4n) is 5.16. The van der Waals surface area contributed by atoms with Crippen LogP contribution in [0.5, 0.6) is 0 Å². The molecule has 5 nitrogen and oxygen atoms in total. The highest BCUT2D eigenvalue weighted by Crippen LogP contribution is 2.43. The van der Waals surface area contributed by atoms with E-state index in [0.717, 1.165) is 25.7 Å². The van der Waals surface area contributed by atoms with Gasteiger partial charge in [-0.2, -0.15) is 26.3 Å². The maximum absolute atomic E-state index is 13.1. The molecule has 0 bridgehead atoms. The molecule has 0 radical (unpaired) electrons. The van der Waals surface area contributed by atoms with Gasteiger partial charge in [-0.25, -0.2) is 4.79 Å². The van der Waals surface area contributed by atoms with E-state index >= 15 is 0 Å². The molecular weight excluding hydrogens is 490 g/mol. The van der Waals surface area contributed by atoms with Crippen molar-refractivity contribution in [1.29, 1.82) is 0 Å². The van der Waals surface area contributed by atoms with Gasteiger partial charge in [-0.1, -0.05) is 13.3 Å². The molecule has 0 N–H and O–H groups in total. The third kappa shape index (κ3) is 6.58. The summed E-state index contributed by atoms with van der Waals surface area (Å²) in [5.74, 6) is -2.71. The first-order chi connectivity index (χ1) is 16.8. The summed E-state index contributed by atoms with van der Waals surface area (Å²) in [5.41, 5.74) is -1.48. The summed E-state index contributed by atoms with van der Waals surface area (Å²) in [4.78, 5) is 31.5. The molecule has 3 aliphatic rings. The van der Waals surface area contributed by atoms with Gasteiger partial charge >= 0.3 is 18.3 Å². The first kappa shape index (κ1) is 28.4. The van der Waals surface area contributed by atoms with E-state index in [0.29, 0.717) is 43.3 Å². The number of ketones is 1. The van der Waals surface area contributed by atoms with Crippen molar-refractivity contribution in [3.63, 3.8) is 0 Å². The van der Waals surface area contributed by atoms with Gasteiger partial charge < -0.3 is 9.64 Å². The van der Waals surface area contributed by atoms with Gasteiger partial charge in [0.1, 0.15) is 5.60 Å². The summed E-state index contributed by atoms with van der Waals surface area (Å²) < 4.78 is 84.0. The Kier molecular flexibility index (Phi) is 8.73. The Balaban J connectivity index is 1.53. The van der Waals surface area contributed by atoms with Crippen molar-refractivity contribution in [3.8, 4) is 0 Å². The molecule has 2 heterocycles. The zero-order valence-electron chi connectivity index (χ0n) is 20.5. The van der Waals surface area contributed by atoms with E-state index in [9.17, 15) is 35.9 Å². The van der Waals surface area contributed by atoms with Crippen molar-refractivity contribution >= 4 is 17.5 Å². The van der Waals surface area contributed by atoms with Crippen LogP contribution in [0.1, 0.15) is 65.2 Å². The first-order valence-corrected chi connectivity index (χ1v) is 12.3. The minimum atomic E-state index is -4.83. The molecule has 1 atom stereocenters. The average molecular weight is 523 g/mol. The molecule has 0 saturated carbocycles. The van der Waals surface area contributed by atoms with Crippen LogP contribution in [-0.4, -0.2) is 66.5 Å². The molecular formula is C25H32F6N2O3. The Bertz CT molecular complexity index is 940. The van der Waals surface area contributed by atoms with Gasteiger partial charge in [0, 0.05) is 67.7 Å². The molecule has 1 saturated heterocycles. The molecule has 36 heavy (non-hydrogen) atoms. The highest BCUT2D eigenvalue weighted by atomic mass is 19.4. The van der Waals surface area contributed by atoms with Crippen molar-refractivity contribution in [1.82, 2.24) is 4.90 Å². The van der Waals surface area contributed by atoms with Crippen LogP contribution in [0, 0.1) is 5.92 Å². The third-order valence-electron chi connectivity index (χ3n) is 7.28. The molecule has 0 aromatic heterocycles. The van der Waals surface area contributed by atoms with Gasteiger partial charge in [0.05, 0.1) is 5.92 Å². The molecule has 3 rings (SSSR count). The lowest BCUT2D eigenvalue weighted by Crippen LogP contribution is -2.47. The quantitative estimate of drug-likeness (QED) is 0.232. The van der Waals surface area contributed by atoms with Crippen LogP contribution in [0.2, 0.25) is 0 Å². The van der Waals surface area contributed by atoms with Crippen LogP contribution < -0.4 is 0 Å². The number of likely N-dealkylation sites (tertiary alicyclic amines) is 1. The minimum absolute atomic E-state index is 0.0792. The van der Waals surface area contributed by atoms with Crippen LogP contribution in [-0.2, 0) is 14.3 Å². The number of carbonyl (C=O) groups is 2. The number of hydrogen-bond donors (Lipinski definition) is 0. The van der Waals surface area contributed by atoms with E-state index in [1.54, 1.807) is 6.92 Å². The Labute approximate surface area is 206 Å². The van der Waals surface area contributed by atoms with Crippen molar-refractivity contribution in [2.45, 2.75) is 83.2 Å². The van der Waals surface area contributed by atoms with Crippen molar-refractivity contribution in [2.75, 3.05) is 26.2 Å². The smallest absolute Gasteiger partial charge is 0.412 e. The number of piperidine rings is 1. The lowest BCUT2D eigenvalue weighted by atomic mass is 9.80. The second kappa shape index (κ2) is 11.1. The molecule has 1 fully saturated rings. The molecule has 0 aromatic carbocycles. The molecule has 0 aromatic rings. The average Bonchev–Trinajstić information content (AvgIpc) is 3.04. The zero-order valence-corrected chi connectivity index (χ0v) is 20.5. The SMILES string of the molecule is CCN1CCC2(CC1)OC(=O)C(C)=C2C(=O)CCCCCN=C1C=C(C(F)(F)F)CC(C(F)(F)F)C1. The summed E-state index contributed by atoms with van der Waals surface area (Å²) >= 11 is 0. The third-order valence-corrected chi connectivity index (χ3v) is 7.28. The van der Waals surface area contributed by atoms with Crippen LogP contribution in [0.25, 0.3) is 0 Å². The molecule has 0 amide bonds. The topological polar surface area (TPSA) is 59.0 Å². The summed E-state index contributed by atoms with van der Waals surface area (Å²) in [6, 6.07) is 0. The number of Topliss-reactive ketones (excluding diaryl/α,β-unsaturated/α-hetero) is 1. The number of allylic oxidation sites excluding steroid dienone is 2. The number of carbonyl (C=O) groups excluding carboxylic acids is 2. The first-order valence-electron chi connectivity index (χ1n) is 12.3. The predicted molar refractivity (Wildman–Crippen MR) is 122 cm³/mol. The summed E-state index contributed by atoms with van der Waals surface area (Å²) in [7, 11) is 0. The monoisotopic (exact) mass is 522 g/mol. The summed E-state index contributed by atoms with van der Waals surface area (Å²) in [6.07, 6.45) is -7.75. The Morgan fingerprint density at radius 3 is 2.36 bits per heavy atom. The van der Waals surface area contributed by atoms with Gasteiger partial charge in [0.2, 0.25) is 0 Å². The van der Waals surface area contributed by atoms with Crippen molar-refractivity contribution in [3.05, 3.63) is 22.8 Å².